The number of halogens is 2. The molecule has 0 spiro atoms. The van der Waals surface area contributed by atoms with Crippen molar-refractivity contribution in [1.82, 2.24) is 10.3 Å². The first-order valence-electron chi connectivity index (χ1n) is 10.0. The second-order valence-corrected chi connectivity index (χ2v) is 7.45. The molecule has 0 fully saturated rings. The van der Waals surface area contributed by atoms with Gasteiger partial charge >= 0.3 is 0 Å². The van der Waals surface area contributed by atoms with Crippen LogP contribution in [0.3, 0.4) is 0 Å². The van der Waals surface area contributed by atoms with E-state index in [1.165, 1.54) is 5.56 Å². The minimum absolute atomic E-state index is 0. The Morgan fingerprint density at radius 1 is 1.00 bits per heavy atom. The second-order valence-electron chi connectivity index (χ2n) is 7.45. The average molecular weight is 473 g/mol. The average Bonchev–Trinajstić information content (AvgIpc) is 3.22. The topological polar surface area (TPSA) is 97.1 Å². The van der Waals surface area contributed by atoms with Crippen LogP contribution in [-0.2, 0) is 11.2 Å². The lowest BCUT2D eigenvalue weighted by Crippen LogP contribution is -2.34. The van der Waals surface area contributed by atoms with Gasteiger partial charge in [0.1, 0.15) is 0 Å². The molecule has 4 rings (SSSR count). The number of amides is 2. The smallest absolute Gasteiger partial charge is 0.255 e. The highest BCUT2D eigenvalue weighted by Crippen LogP contribution is 2.32. The van der Waals surface area contributed by atoms with Gasteiger partial charge in [0.15, 0.2) is 0 Å². The summed E-state index contributed by atoms with van der Waals surface area (Å²) < 4.78 is 0. The van der Waals surface area contributed by atoms with Crippen LogP contribution in [0, 0.1) is 0 Å². The number of rotatable bonds is 6. The summed E-state index contributed by atoms with van der Waals surface area (Å²) in [5, 5.41) is 5.80. The maximum atomic E-state index is 12.6. The SMILES string of the molecule is Cl.Cl.N[C@H](CNC(=O)[C@H]1CCc2ccccc21)c1ccc(C(=O)Nc2ccncc2)cc1. The number of hydrogen-bond acceptors (Lipinski definition) is 4. The molecular weight excluding hydrogens is 447 g/mol. The number of nitrogens with one attached hydrogen (secondary N) is 2. The van der Waals surface area contributed by atoms with Crippen molar-refractivity contribution in [3.63, 3.8) is 0 Å². The van der Waals surface area contributed by atoms with Crippen molar-refractivity contribution in [1.29, 1.82) is 0 Å². The van der Waals surface area contributed by atoms with Crippen LogP contribution in [0.1, 0.15) is 45.4 Å². The second kappa shape index (κ2) is 11.6. The molecule has 0 saturated heterocycles. The summed E-state index contributed by atoms with van der Waals surface area (Å²) in [5.74, 6) is -0.286. The molecule has 0 saturated carbocycles. The Morgan fingerprint density at radius 3 is 2.41 bits per heavy atom. The summed E-state index contributed by atoms with van der Waals surface area (Å²) in [4.78, 5) is 28.9. The Hall–Kier alpha value is -2.93. The molecule has 1 heterocycles. The number of aryl methyl sites for hydroxylation is 1. The van der Waals surface area contributed by atoms with E-state index in [9.17, 15) is 9.59 Å². The van der Waals surface area contributed by atoms with Gasteiger partial charge in [-0.15, -0.1) is 24.8 Å². The number of fused-ring (bicyclic) bond motifs is 1. The van der Waals surface area contributed by atoms with Gasteiger partial charge in [-0.3, -0.25) is 14.6 Å². The summed E-state index contributed by atoms with van der Waals surface area (Å²) in [6.45, 7) is 0.347. The Morgan fingerprint density at radius 2 is 1.69 bits per heavy atom. The van der Waals surface area contributed by atoms with Gasteiger partial charge in [-0.25, -0.2) is 0 Å². The van der Waals surface area contributed by atoms with Gasteiger partial charge < -0.3 is 16.4 Å². The summed E-state index contributed by atoms with van der Waals surface area (Å²) >= 11 is 0. The molecule has 0 unspecified atom stereocenters. The van der Waals surface area contributed by atoms with E-state index < -0.39 is 0 Å². The molecule has 2 aromatic carbocycles. The van der Waals surface area contributed by atoms with Gasteiger partial charge in [-0.1, -0.05) is 36.4 Å². The first kappa shape index (κ1) is 25.3. The van der Waals surface area contributed by atoms with Crippen molar-refractivity contribution in [2.24, 2.45) is 5.73 Å². The summed E-state index contributed by atoms with van der Waals surface area (Å²) in [5.41, 5.74) is 10.7. The third-order valence-electron chi connectivity index (χ3n) is 5.48. The van der Waals surface area contributed by atoms with Gasteiger partial charge in [0.05, 0.1) is 5.92 Å². The molecule has 2 amide bonds. The summed E-state index contributed by atoms with van der Waals surface area (Å²) in [6, 6.07) is 18.3. The molecule has 0 bridgehead atoms. The van der Waals surface area contributed by atoms with E-state index in [1.54, 1.807) is 36.7 Å². The van der Waals surface area contributed by atoms with Crippen LogP contribution in [0.4, 0.5) is 5.69 Å². The lowest BCUT2D eigenvalue weighted by molar-refractivity contribution is -0.122. The zero-order valence-electron chi connectivity index (χ0n) is 17.4. The van der Waals surface area contributed by atoms with Crippen molar-refractivity contribution < 1.29 is 9.59 Å². The van der Waals surface area contributed by atoms with E-state index in [0.29, 0.717) is 17.8 Å². The highest BCUT2D eigenvalue weighted by Gasteiger charge is 2.28. The molecular formula is C24H26Cl2N4O2. The van der Waals surface area contributed by atoms with Gasteiger partial charge in [0, 0.05) is 36.2 Å². The molecule has 6 nitrogen and oxygen atoms in total. The summed E-state index contributed by atoms with van der Waals surface area (Å²) in [7, 11) is 0. The van der Waals surface area contributed by atoms with Crippen LogP contribution in [0.15, 0.2) is 73.1 Å². The van der Waals surface area contributed by atoms with Crippen molar-refractivity contribution in [2.45, 2.75) is 24.8 Å². The number of hydrogen-bond donors (Lipinski definition) is 3. The van der Waals surface area contributed by atoms with E-state index >= 15 is 0 Å². The molecule has 1 aliphatic rings. The van der Waals surface area contributed by atoms with Crippen LogP contribution in [0.25, 0.3) is 0 Å². The predicted octanol–water partition coefficient (Wildman–Crippen LogP) is 4.02. The Bertz CT molecular complexity index is 1050. The van der Waals surface area contributed by atoms with Crippen molar-refractivity contribution in [3.05, 3.63) is 95.3 Å². The number of aromatic nitrogens is 1. The maximum absolute atomic E-state index is 12.6. The third-order valence-corrected chi connectivity index (χ3v) is 5.48. The molecule has 1 aliphatic carbocycles. The third kappa shape index (κ3) is 5.85. The molecule has 3 aromatic rings. The molecule has 32 heavy (non-hydrogen) atoms. The van der Waals surface area contributed by atoms with E-state index in [-0.39, 0.29) is 48.6 Å². The molecule has 1 aromatic heterocycles. The normalized spacial score (nSPS) is 14.8. The number of benzene rings is 2. The van der Waals surface area contributed by atoms with Gasteiger partial charge in [0.25, 0.3) is 5.91 Å². The zero-order chi connectivity index (χ0) is 20.9. The predicted molar refractivity (Wildman–Crippen MR) is 131 cm³/mol. The van der Waals surface area contributed by atoms with E-state index in [1.807, 2.05) is 30.3 Å². The molecule has 2 atom stereocenters. The zero-order valence-corrected chi connectivity index (χ0v) is 19.0. The summed E-state index contributed by atoms with van der Waals surface area (Å²) in [6.07, 6.45) is 5.01. The molecule has 0 aliphatic heterocycles. The molecule has 8 heteroatoms. The number of carbonyl (C=O) groups is 2. The first-order chi connectivity index (χ1) is 14.6. The van der Waals surface area contributed by atoms with Crippen molar-refractivity contribution >= 4 is 42.3 Å². The van der Waals surface area contributed by atoms with Gasteiger partial charge in [0.2, 0.25) is 5.91 Å². The fourth-order valence-corrected chi connectivity index (χ4v) is 3.80. The lowest BCUT2D eigenvalue weighted by atomic mass is 10.00. The molecule has 168 valence electrons. The Kier molecular flexibility index (Phi) is 9.20. The largest absolute Gasteiger partial charge is 0.354 e. The number of pyridine rings is 1. The lowest BCUT2D eigenvalue weighted by Gasteiger charge is -2.17. The first-order valence-corrected chi connectivity index (χ1v) is 10.0. The molecule has 4 N–H and O–H groups in total. The number of nitrogens with two attached hydrogens (primary N) is 1. The number of carbonyl (C=O) groups excluding carboxylic acids is 2. The fraction of sp³-hybridized carbons (Fsp3) is 0.208. The number of anilines is 1. The van der Waals surface area contributed by atoms with Gasteiger partial charge in [-0.05, 0) is 53.8 Å². The van der Waals surface area contributed by atoms with Crippen LogP contribution in [0.2, 0.25) is 0 Å². The van der Waals surface area contributed by atoms with Gasteiger partial charge in [-0.2, -0.15) is 0 Å². The molecule has 0 radical (unpaired) electrons. The van der Waals surface area contributed by atoms with Crippen LogP contribution >= 0.6 is 24.8 Å². The van der Waals surface area contributed by atoms with Crippen molar-refractivity contribution in [2.75, 3.05) is 11.9 Å². The van der Waals surface area contributed by atoms with Crippen LogP contribution < -0.4 is 16.4 Å². The number of nitrogens with zero attached hydrogens (tertiary/aromatic N) is 1. The van der Waals surface area contributed by atoms with E-state index in [4.69, 9.17) is 5.73 Å². The highest BCUT2D eigenvalue weighted by molar-refractivity contribution is 6.04. The van der Waals surface area contributed by atoms with Crippen LogP contribution in [0.5, 0.6) is 0 Å². The fourth-order valence-electron chi connectivity index (χ4n) is 3.80. The minimum Gasteiger partial charge on any atom is -0.354 e. The van der Waals surface area contributed by atoms with E-state index in [2.05, 4.69) is 21.7 Å². The monoisotopic (exact) mass is 472 g/mol. The quantitative estimate of drug-likeness (QED) is 0.504. The van der Waals surface area contributed by atoms with Crippen LogP contribution in [-0.4, -0.2) is 23.3 Å². The minimum atomic E-state index is -0.345. The van der Waals surface area contributed by atoms with E-state index in [0.717, 1.165) is 24.0 Å². The standard InChI is InChI=1S/C24H24N4O2.2ClH/c25-22(15-27-24(30)21-10-9-16-3-1-2-4-20(16)21)17-5-7-18(8-6-17)23(29)28-19-11-13-26-14-12-19;;/h1-8,11-14,21-22H,9-10,15,25H2,(H,27,30)(H,26,28,29);2*1H/t21-,22+;;/m0../s1. The Balaban J connectivity index is 0.00000181. The Labute approximate surface area is 199 Å². The maximum Gasteiger partial charge on any atom is 0.255 e. The highest BCUT2D eigenvalue weighted by atomic mass is 35.5. The van der Waals surface area contributed by atoms with Crippen molar-refractivity contribution in [3.8, 4) is 0 Å².